The Balaban J connectivity index is 2.58. The van der Waals surface area contributed by atoms with E-state index in [1.165, 1.54) is 17.1 Å². The van der Waals surface area contributed by atoms with Gasteiger partial charge >= 0.3 is 5.97 Å². The van der Waals surface area contributed by atoms with E-state index < -0.39 is 5.97 Å². The Kier molecular flexibility index (Phi) is 2.99. The molecular weight excluding hydrogens is 267 g/mol. The topological polar surface area (TPSA) is 80.9 Å². The molecule has 17 heavy (non-hydrogen) atoms. The van der Waals surface area contributed by atoms with Crippen LogP contribution in [0.15, 0.2) is 12.4 Å². The van der Waals surface area contributed by atoms with Crippen LogP contribution in [-0.2, 0) is 7.05 Å². The molecule has 0 spiro atoms. The molecule has 2 rings (SSSR count). The van der Waals surface area contributed by atoms with Crippen LogP contribution in [0.3, 0.4) is 0 Å². The highest BCUT2D eigenvalue weighted by Gasteiger charge is 2.16. The molecule has 0 radical (unpaired) electrons. The molecule has 0 aliphatic heterocycles. The fourth-order valence-corrected chi connectivity index (χ4v) is 1.82. The van der Waals surface area contributed by atoms with Crippen molar-refractivity contribution in [3.05, 3.63) is 28.4 Å². The van der Waals surface area contributed by atoms with Gasteiger partial charge in [-0.2, -0.15) is 5.10 Å². The monoisotopic (exact) mass is 272 g/mol. The summed E-state index contributed by atoms with van der Waals surface area (Å²) in [6.07, 6.45) is 2.76. The van der Waals surface area contributed by atoms with Gasteiger partial charge in [-0.15, -0.1) is 0 Å². The van der Waals surface area contributed by atoms with Crippen molar-refractivity contribution in [2.24, 2.45) is 7.05 Å². The Hall–Kier alpha value is -1.66. The fourth-order valence-electron chi connectivity index (χ4n) is 1.34. The Morgan fingerprint density at radius 1 is 1.41 bits per heavy atom. The number of hydrogen-bond donors (Lipinski definition) is 1. The van der Waals surface area contributed by atoms with E-state index >= 15 is 0 Å². The van der Waals surface area contributed by atoms with Crippen LogP contribution in [0.4, 0.5) is 0 Å². The van der Waals surface area contributed by atoms with E-state index in [1.807, 2.05) is 0 Å². The standard InChI is InChI=1S/C9H6Cl2N4O2/c1-15-6(5(10)3-13-15)4-2-12-8(9(16)17)14-7(4)11/h2-3H,1H3,(H,16,17). The molecule has 0 unspecified atom stereocenters. The predicted molar refractivity (Wildman–Crippen MR) is 61.2 cm³/mol. The van der Waals surface area contributed by atoms with Crippen LogP contribution in [0.1, 0.15) is 10.6 Å². The van der Waals surface area contributed by atoms with Crippen molar-refractivity contribution >= 4 is 29.2 Å². The van der Waals surface area contributed by atoms with Crippen molar-refractivity contribution in [3.8, 4) is 11.3 Å². The van der Waals surface area contributed by atoms with Gasteiger partial charge in [0.05, 0.1) is 22.5 Å². The molecule has 0 fully saturated rings. The third-order valence-electron chi connectivity index (χ3n) is 2.08. The van der Waals surface area contributed by atoms with E-state index in [9.17, 15) is 4.79 Å². The lowest BCUT2D eigenvalue weighted by Gasteiger charge is -2.04. The second kappa shape index (κ2) is 4.31. The number of halogens is 2. The van der Waals surface area contributed by atoms with Gasteiger partial charge in [0.15, 0.2) is 0 Å². The van der Waals surface area contributed by atoms with Gasteiger partial charge in [-0.05, 0) is 0 Å². The third-order valence-corrected chi connectivity index (χ3v) is 2.65. The van der Waals surface area contributed by atoms with Crippen molar-refractivity contribution in [3.63, 3.8) is 0 Å². The molecule has 2 aromatic heterocycles. The first-order chi connectivity index (χ1) is 8.00. The minimum atomic E-state index is -1.24. The molecule has 2 aromatic rings. The van der Waals surface area contributed by atoms with Gasteiger partial charge < -0.3 is 5.11 Å². The Bertz CT molecular complexity index is 577. The van der Waals surface area contributed by atoms with E-state index in [0.717, 1.165) is 0 Å². The first-order valence-electron chi connectivity index (χ1n) is 4.44. The number of hydrogen-bond acceptors (Lipinski definition) is 4. The van der Waals surface area contributed by atoms with Gasteiger partial charge in [0.2, 0.25) is 5.82 Å². The summed E-state index contributed by atoms with van der Waals surface area (Å²) in [5.74, 6) is -1.61. The van der Waals surface area contributed by atoms with E-state index in [2.05, 4.69) is 15.1 Å². The van der Waals surface area contributed by atoms with Gasteiger partial charge in [0, 0.05) is 13.2 Å². The lowest BCUT2D eigenvalue weighted by molar-refractivity contribution is 0.0683. The summed E-state index contributed by atoms with van der Waals surface area (Å²) in [4.78, 5) is 18.0. The van der Waals surface area contributed by atoms with E-state index in [1.54, 1.807) is 7.05 Å². The third kappa shape index (κ3) is 2.09. The number of aromatic carboxylic acids is 1. The molecule has 2 heterocycles. The number of aryl methyl sites for hydroxylation is 1. The molecule has 0 aromatic carbocycles. The van der Waals surface area contributed by atoms with Crippen LogP contribution in [0.2, 0.25) is 10.2 Å². The van der Waals surface area contributed by atoms with Gasteiger partial charge in [0.25, 0.3) is 0 Å². The number of nitrogens with zero attached hydrogens (tertiary/aromatic N) is 4. The molecule has 8 heteroatoms. The SMILES string of the molecule is Cn1ncc(Cl)c1-c1cnc(C(=O)O)nc1Cl. The largest absolute Gasteiger partial charge is 0.475 e. The molecule has 88 valence electrons. The average molecular weight is 273 g/mol. The lowest BCUT2D eigenvalue weighted by atomic mass is 10.2. The van der Waals surface area contributed by atoms with Crippen LogP contribution in [0, 0.1) is 0 Å². The van der Waals surface area contributed by atoms with Crippen molar-refractivity contribution in [2.45, 2.75) is 0 Å². The summed E-state index contributed by atoms with van der Waals surface area (Å²) in [5, 5.41) is 13.1. The molecule has 0 saturated heterocycles. The average Bonchev–Trinajstić information content (AvgIpc) is 2.59. The molecule has 6 nitrogen and oxygen atoms in total. The summed E-state index contributed by atoms with van der Waals surface area (Å²) < 4.78 is 1.51. The summed E-state index contributed by atoms with van der Waals surface area (Å²) >= 11 is 11.8. The molecule has 0 amide bonds. The Labute approximate surface area is 106 Å². The van der Waals surface area contributed by atoms with Crippen LogP contribution < -0.4 is 0 Å². The van der Waals surface area contributed by atoms with Crippen molar-refractivity contribution in [1.29, 1.82) is 0 Å². The minimum absolute atomic E-state index is 0.0166. The zero-order chi connectivity index (χ0) is 12.6. The highest BCUT2D eigenvalue weighted by molar-refractivity contribution is 6.35. The van der Waals surface area contributed by atoms with Crippen molar-refractivity contribution < 1.29 is 9.90 Å². The molecule has 0 saturated carbocycles. The smallest absolute Gasteiger partial charge is 0.373 e. The van der Waals surface area contributed by atoms with Crippen LogP contribution in [0.25, 0.3) is 11.3 Å². The Morgan fingerprint density at radius 3 is 2.59 bits per heavy atom. The van der Waals surface area contributed by atoms with E-state index in [4.69, 9.17) is 28.3 Å². The lowest BCUT2D eigenvalue weighted by Crippen LogP contribution is -2.05. The predicted octanol–water partition coefficient (Wildman–Crippen LogP) is 1.88. The Morgan fingerprint density at radius 2 is 2.12 bits per heavy atom. The van der Waals surface area contributed by atoms with Gasteiger partial charge in [-0.25, -0.2) is 14.8 Å². The van der Waals surface area contributed by atoms with Crippen LogP contribution in [-0.4, -0.2) is 30.8 Å². The summed E-state index contributed by atoms with van der Waals surface area (Å²) in [6, 6.07) is 0. The highest BCUT2D eigenvalue weighted by Crippen LogP contribution is 2.30. The molecule has 0 atom stereocenters. The van der Waals surface area contributed by atoms with Crippen LogP contribution in [0.5, 0.6) is 0 Å². The van der Waals surface area contributed by atoms with Gasteiger partial charge in [-0.3, -0.25) is 4.68 Å². The quantitative estimate of drug-likeness (QED) is 0.845. The maximum Gasteiger partial charge on any atom is 0.373 e. The normalized spacial score (nSPS) is 10.5. The van der Waals surface area contributed by atoms with Crippen molar-refractivity contribution in [2.75, 3.05) is 0 Å². The number of carbonyl (C=O) groups is 1. The number of rotatable bonds is 2. The molecule has 0 aliphatic rings. The van der Waals surface area contributed by atoms with Gasteiger partial charge in [-0.1, -0.05) is 23.2 Å². The first kappa shape index (κ1) is 11.8. The minimum Gasteiger partial charge on any atom is -0.475 e. The molecule has 0 aliphatic carbocycles. The second-order valence-corrected chi connectivity index (χ2v) is 3.93. The van der Waals surface area contributed by atoms with Crippen molar-refractivity contribution in [1.82, 2.24) is 19.7 Å². The number of carboxylic acids is 1. The summed E-state index contributed by atoms with van der Waals surface area (Å²) in [7, 11) is 1.68. The number of carboxylic acid groups (broad SMARTS) is 1. The van der Waals surface area contributed by atoms with E-state index in [0.29, 0.717) is 16.3 Å². The zero-order valence-electron chi connectivity index (χ0n) is 8.55. The molecular formula is C9H6Cl2N4O2. The highest BCUT2D eigenvalue weighted by atomic mass is 35.5. The van der Waals surface area contributed by atoms with E-state index in [-0.39, 0.29) is 11.0 Å². The molecule has 1 N–H and O–H groups in total. The summed E-state index contributed by atoms with van der Waals surface area (Å²) in [6.45, 7) is 0. The zero-order valence-corrected chi connectivity index (χ0v) is 10.1. The maximum atomic E-state index is 10.7. The number of aromatic nitrogens is 4. The fraction of sp³-hybridized carbons (Fsp3) is 0.111. The molecule has 0 bridgehead atoms. The maximum absolute atomic E-state index is 10.7. The van der Waals surface area contributed by atoms with Gasteiger partial charge in [0.1, 0.15) is 5.15 Å². The first-order valence-corrected chi connectivity index (χ1v) is 5.20. The summed E-state index contributed by atoms with van der Waals surface area (Å²) in [5.41, 5.74) is 0.968. The second-order valence-electron chi connectivity index (χ2n) is 3.17. The van der Waals surface area contributed by atoms with Crippen LogP contribution >= 0.6 is 23.2 Å².